The first-order valence-electron chi connectivity index (χ1n) is 6.60. The highest BCUT2D eigenvalue weighted by Gasteiger charge is 2.07. The monoisotopic (exact) mass is 301 g/mol. The summed E-state index contributed by atoms with van der Waals surface area (Å²) in [5.41, 5.74) is 8.11. The molecule has 3 N–H and O–H groups in total. The van der Waals surface area contributed by atoms with E-state index in [9.17, 15) is 0 Å². The van der Waals surface area contributed by atoms with Crippen LogP contribution in [0.3, 0.4) is 0 Å². The van der Waals surface area contributed by atoms with Gasteiger partial charge in [0.05, 0.1) is 35.7 Å². The first kappa shape index (κ1) is 13.8. The molecule has 0 radical (unpaired) electrons. The highest BCUT2D eigenvalue weighted by molar-refractivity contribution is 7.99. The van der Waals surface area contributed by atoms with E-state index in [-0.39, 0.29) is 0 Å². The average molecular weight is 301 g/mol. The van der Waals surface area contributed by atoms with E-state index in [1.807, 2.05) is 25.1 Å². The lowest BCUT2D eigenvalue weighted by atomic mass is 10.3. The quantitative estimate of drug-likeness (QED) is 0.752. The number of fused-ring (bicyclic) bond motifs is 1. The number of nitrogens with zero attached hydrogens (tertiary/aromatic N) is 3. The Labute approximate surface area is 126 Å². The van der Waals surface area contributed by atoms with E-state index in [1.54, 1.807) is 12.4 Å². The Hall–Kier alpha value is -2.12. The third-order valence-electron chi connectivity index (χ3n) is 2.83. The fourth-order valence-electron chi connectivity index (χ4n) is 1.87. The van der Waals surface area contributed by atoms with Gasteiger partial charge in [0.25, 0.3) is 0 Å². The van der Waals surface area contributed by atoms with Gasteiger partial charge in [0.1, 0.15) is 10.8 Å². The molecule has 3 rings (SSSR count). The maximum Gasteiger partial charge on any atom is 0.172 e. The Balaban J connectivity index is 1.83. The van der Waals surface area contributed by atoms with E-state index in [2.05, 4.69) is 19.9 Å². The van der Waals surface area contributed by atoms with Crippen LogP contribution >= 0.6 is 11.8 Å². The molecule has 7 heteroatoms. The van der Waals surface area contributed by atoms with Gasteiger partial charge in [-0.3, -0.25) is 4.98 Å². The number of nitrogens with two attached hydrogens (primary N) is 1. The van der Waals surface area contributed by atoms with Gasteiger partial charge in [-0.15, -0.1) is 0 Å². The standard InChI is InChI=1S/C14H15N5OS/c1-2-20-10-3-4-11-12(5-10)19-14(18-11)21-13-8-16-9(6-15)7-17-13/h3-5,7-8H,2,6,15H2,1H3,(H,18,19). The number of hydrogen-bond acceptors (Lipinski definition) is 6. The van der Waals surface area contributed by atoms with Crippen LogP contribution in [0, 0.1) is 0 Å². The Morgan fingerprint density at radius 2 is 2.19 bits per heavy atom. The summed E-state index contributed by atoms with van der Waals surface area (Å²) in [5.74, 6) is 0.831. The van der Waals surface area contributed by atoms with Crippen molar-refractivity contribution in [3.8, 4) is 5.75 Å². The molecule has 2 heterocycles. The molecule has 0 fully saturated rings. The number of hydrogen-bond donors (Lipinski definition) is 2. The molecule has 0 aliphatic carbocycles. The van der Waals surface area contributed by atoms with E-state index in [1.165, 1.54) is 11.8 Å². The number of ether oxygens (including phenoxy) is 1. The van der Waals surface area contributed by atoms with Gasteiger partial charge in [-0.2, -0.15) is 0 Å². The van der Waals surface area contributed by atoms with Gasteiger partial charge in [0.2, 0.25) is 0 Å². The van der Waals surface area contributed by atoms with Crippen molar-refractivity contribution < 1.29 is 4.74 Å². The Kier molecular flexibility index (Phi) is 4.03. The molecule has 0 saturated carbocycles. The van der Waals surface area contributed by atoms with Crippen molar-refractivity contribution in [2.24, 2.45) is 5.73 Å². The maximum atomic E-state index is 5.50. The van der Waals surface area contributed by atoms with Gasteiger partial charge >= 0.3 is 0 Å². The number of benzene rings is 1. The van der Waals surface area contributed by atoms with Crippen molar-refractivity contribution in [2.45, 2.75) is 23.7 Å². The van der Waals surface area contributed by atoms with Crippen LogP contribution in [0.1, 0.15) is 12.6 Å². The van der Waals surface area contributed by atoms with Crippen LogP contribution in [-0.2, 0) is 6.54 Å². The summed E-state index contributed by atoms with van der Waals surface area (Å²) in [6.07, 6.45) is 3.38. The second-order valence-electron chi connectivity index (χ2n) is 4.31. The number of aromatic nitrogens is 4. The van der Waals surface area contributed by atoms with Crippen LogP contribution in [0.5, 0.6) is 5.75 Å². The second-order valence-corrected chi connectivity index (χ2v) is 5.32. The van der Waals surface area contributed by atoms with Gasteiger partial charge in [-0.05, 0) is 30.8 Å². The smallest absolute Gasteiger partial charge is 0.172 e. The van der Waals surface area contributed by atoms with Crippen molar-refractivity contribution in [1.29, 1.82) is 0 Å². The summed E-state index contributed by atoms with van der Waals surface area (Å²) in [4.78, 5) is 16.3. The van der Waals surface area contributed by atoms with Gasteiger partial charge in [0.15, 0.2) is 5.16 Å². The third kappa shape index (κ3) is 3.14. The summed E-state index contributed by atoms with van der Waals surface area (Å²) in [6.45, 7) is 3.00. The Morgan fingerprint density at radius 1 is 1.29 bits per heavy atom. The molecule has 0 atom stereocenters. The molecule has 0 saturated heterocycles. The lowest BCUT2D eigenvalue weighted by molar-refractivity contribution is 0.340. The van der Waals surface area contributed by atoms with Crippen LogP contribution in [0.15, 0.2) is 40.8 Å². The molecular weight excluding hydrogens is 286 g/mol. The number of imidazole rings is 1. The molecule has 3 aromatic rings. The number of H-pyrrole nitrogens is 1. The molecule has 1 aromatic carbocycles. The Morgan fingerprint density at radius 3 is 2.90 bits per heavy atom. The minimum absolute atomic E-state index is 0.392. The fraction of sp³-hybridized carbons (Fsp3) is 0.214. The summed E-state index contributed by atoms with van der Waals surface area (Å²) >= 11 is 1.43. The molecule has 108 valence electrons. The predicted octanol–water partition coefficient (Wildman–Crippen LogP) is 2.36. The zero-order valence-corrected chi connectivity index (χ0v) is 12.4. The SMILES string of the molecule is CCOc1ccc2nc(Sc3cnc(CN)cn3)[nH]c2c1. The lowest BCUT2D eigenvalue weighted by Gasteiger charge is -2.00. The summed E-state index contributed by atoms with van der Waals surface area (Å²) in [7, 11) is 0. The van der Waals surface area contributed by atoms with E-state index in [4.69, 9.17) is 10.5 Å². The van der Waals surface area contributed by atoms with Gasteiger partial charge in [-0.25, -0.2) is 9.97 Å². The van der Waals surface area contributed by atoms with Gasteiger partial charge < -0.3 is 15.5 Å². The molecule has 0 spiro atoms. The molecule has 0 aliphatic heterocycles. The molecular formula is C14H15N5OS. The largest absolute Gasteiger partial charge is 0.494 e. The summed E-state index contributed by atoms with van der Waals surface area (Å²) < 4.78 is 5.48. The molecule has 2 aromatic heterocycles. The Bertz CT molecular complexity index is 741. The van der Waals surface area contributed by atoms with E-state index >= 15 is 0 Å². The maximum absolute atomic E-state index is 5.50. The highest BCUT2D eigenvalue weighted by atomic mass is 32.2. The van der Waals surface area contributed by atoms with Crippen molar-refractivity contribution in [3.63, 3.8) is 0 Å². The minimum atomic E-state index is 0.392. The zero-order valence-electron chi connectivity index (χ0n) is 11.5. The van der Waals surface area contributed by atoms with Crippen molar-refractivity contribution in [2.75, 3.05) is 6.61 Å². The molecule has 0 unspecified atom stereocenters. The van der Waals surface area contributed by atoms with E-state index < -0.39 is 0 Å². The molecule has 0 aliphatic rings. The van der Waals surface area contributed by atoms with Crippen molar-refractivity contribution in [3.05, 3.63) is 36.3 Å². The molecule has 0 amide bonds. The summed E-state index contributed by atoms with van der Waals surface area (Å²) in [5, 5.41) is 1.55. The van der Waals surface area contributed by atoms with E-state index in [0.29, 0.717) is 13.2 Å². The van der Waals surface area contributed by atoms with E-state index in [0.717, 1.165) is 32.7 Å². The summed E-state index contributed by atoms with van der Waals surface area (Å²) in [6, 6.07) is 5.79. The second kappa shape index (κ2) is 6.11. The number of rotatable bonds is 5. The first-order valence-corrected chi connectivity index (χ1v) is 7.41. The van der Waals surface area contributed by atoms with Crippen molar-refractivity contribution >= 4 is 22.8 Å². The predicted molar refractivity (Wildman–Crippen MR) is 81.3 cm³/mol. The normalized spacial score (nSPS) is 11.0. The molecule has 21 heavy (non-hydrogen) atoms. The first-order chi connectivity index (χ1) is 10.3. The van der Waals surface area contributed by atoms with Crippen LogP contribution < -0.4 is 10.5 Å². The van der Waals surface area contributed by atoms with Crippen LogP contribution in [0.25, 0.3) is 11.0 Å². The van der Waals surface area contributed by atoms with Crippen LogP contribution in [0.2, 0.25) is 0 Å². The fourth-order valence-corrected chi connectivity index (χ4v) is 2.58. The van der Waals surface area contributed by atoms with Crippen molar-refractivity contribution in [1.82, 2.24) is 19.9 Å². The minimum Gasteiger partial charge on any atom is -0.494 e. The number of nitrogens with one attached hydrogen (secondary N) is 1. The molecule has 0 bridgehead atoms. The number of aromatic amines is 1. The van der Waals surface area contributed by atoms with Crippen LogP contribution in [0.4, 0.5) is 0 Å². The highest BCUT2D eigenvalue weighted by Crippen LogP contribution is 2.27. The topological polar surface area (TPSA) is 89.7 Å². The van der Waals surface area contributed by atoms with Gasteiger partial charge in [0, 0.05) is 12.6 Å². The third-order valence-corrected chi connectivity index (χ3v) is 3.64. The lowest BCUT2D eigenvalue weighted by Crippen LogP contribution is -2.00. The average Bonchev–Trinajstić information content (AvgIpc) is 2.90. The molecule has 6 nitrogen and oxygen atoms in total. The zero-order chi connectivity index (χ0) is 14.7. The van der Waals surface area contributed by atoms with Gasteiger partial charge in [-0.1, -0.05) is 0 Å². The van der Waals surface area contributed by atoms with Crippen LogP contribution in [-0.4, -0.2) is 26.5 Å².